The molecule has 0 atom stereocenters. The highest BCUT2D eigenvalue weighted by Crippen LogP contribution is 2.12. The van der Waals surface area contributed by atoms with Gasteiger partial charge in [0.1, 0.15) is 0 Å². The van der Waals surface area contributed by atoms with Crippen LogP contribution in [0.5, 0.6) is 0 Å². The summed E-state index contributed by atoms with van der Waals surface area (Å²) in [6.07, 6.45) is 21.8. The summed E-state index contributed by atoms with van der Waals surface area (Å²) in [7, 11) is 0. The largest absolute Gasteiger partial charge is 0.503 e. The second kappa shape index (κ2) is 21.2. The summed E-state index contributed by atoms with van der Waals surface area (Å²) in [5.41, 5.74) is 5.65. The summed E-state index contributed by atoms with van der Waals surface area (Å²) in [5.74, 6) is 1.31. The average molecular weight is 412 g/mol. The molecule has 1 aliphatic rings. The number of unbranched alkanes of at least 4 members (excludes halogenated alkanes) is 11. The van der Waals surface area contributed by atoms with Crippen molar-refractivity contribution in [3.63, 3.8) is 0 Å². The number of carbonyl (C=O) groups is 1. The molecule has 1 aliphatic heterocycles. The lowest BCUT2D eigenvalue weighted by atomic mass is 10.1. The van der Waals surface area contributed by atoms with Crippen LogP contribution >= 0.6 is 0 Å². The molecule has 170 valence electrons. The van der Waals surface area contributed by atoms with Crippen LogP contribution in [0.1, 0.15) is 96.8 Å². The molecule has 0 amide bonds. The van der Waals surface area contributed by atoms with E-state index >= 15 is 0 Å². The number of nitrogens with two attached hydrogens (primary N) is 1. The highest BCUT2D eigenvalue weighted by Gasteiger charge is 2.14. The van der Waals surface area contributed by atoms with Crippen LogP contribution < -0.4 is 5.73 Å². The van der Waals surface area contributed by atoms with Crippen molar-refractivity contribution in [1.29, 1.82) is 0 Å². The Balaban J connectivity index is 0.00000178. The number of amidine groups is 1. The zero-order chi connectivity index (χ0) is 21.6. The van der Waals surface area contributed by atoms with E-state index in [0.29, 0.717) is 0 Å². The molecule has 1 heterocycles. The Hall–Kier alpha value is -1.56. The van der Waals surface area contributed by atoms with Crippen LogP contribution in [-0.4, -0.2) is 53.3 Å². The van der Waals surface area contributed by atoms with E-state index in [4.69, 9.17) is 20.7 Å². The molecule has 0 aliphatic carbocycles. The van der Waals surface area contributed by atoms with Crippen molar-refractivity contribution >= 4 is 12.0 Å². The van der Waals surface area contributed by atoms with Crippen molar-refractivity contribution in [3.8, 4) is 0 Å². The molecule has 29 heavy (non-hydrogen) atoms. The third-order valence-corrected chi connectivity index (χ3v) is 5.09. The first-order valence-corrected chi connectivity index (χ1v) is 11.7. The molecule has 4 N–H and O–H groups in total. The maximum Gasteiger partial charge on any atom is 0.503 e. The van der Waals surface area contributed by atoms with Gasteiger partial charge in [-0.05, 0) is 32.1 Å². The van der Waals surface area contributed by atoms with Gasteiger partial charge in [0.05, 0.1) is 12.4 Å². The van der Waals surface area contributed by atoms with Crippen LogP contribution in [0.15, 0.2) is 17.1 Å². The minimum Gasteiger partial charge on any atom is -0.450 e. The average Bonchev–Trinajstić information content (AvgIpc) is 3.12. The van der Waals surface area contributed by atoms with Crippen molar-refractivity contribution < 1.29 is 15.0 Å². The van der Waals surface area contributed by atoms with Gasteiger partial charge in [-0.15, -0.1) is 0 Å². The van der Waals surface area contributed by atoms with Gasteiger partial charge in [0.2, 0.25) is 0 Å². The lowest BCUT2D eigenvalue weighted by Crippen LogP contribution is -2.32. The van der Waals surface area contributed by atoms with Gasteiger partial charge in [0.15, 0.2) is 0 Å². The van der Waals surface area contributed by atoms with Gasteiger partial charge in [0, 0.05) is 26.1 Å². The SMILES string of the molecule is CCCCCCCC/C=C/CCCCCCCC1=NCCN1CCN.O=C(O)O. The zero-order valence-corrected chi connectivity index (χ0v) is 18.7. The molecule has 6 heteroatoms. The van der Waals surface area contributed by atoms with E-state index in [0.717, 1.165) is 32.6 Å². The predicted molar refractivity (Wildman–Crippen MR) is 123 cm³/mol. The van der Waals surface area contributed by atoms with E-state index in [2.05, 4.69) is 29.0 Å². The lowest BCUT2D eigenvalue weighted by molar-refractivity contribution is 0.137. The Morgan fingerprint density at radius 1 is 0.966 bits per heavy atom. The van der Waals surface area contributed by atoms with Crippen molar-refractivity contribution in [2.45, 2.75) is 96.8 Å². The lowest BCUT2D eigenvalue weighted by Gasteiger charge is -2.19. The number of nitrogens with zero attached hydrogens (tertiary/aromatic N) is 2. The van der Waals surface area contributed by atoms with Crippen LogP contribution in [0.4, 0.5) is 4.79 Å². The van der Waals surface area contributed by atoms with E-state index in [1.54, 1.807) is 0 Å². The molecule has 0 aromatic rings. The van der Waals surface area contributed by atoms with Crippen LogP contribution in [0.2, 0.25) is 0 Å². The van der Waals surface area contributed by atoms with Crippen molar-refractivity contribution in [2.75, 3.05) is 26.2 Å². The van der Waals surface area contributed by atoms with Crippen molar-refractivity contribution in [3.05, 3.63) is 12.2 Å². The quantitative estimate of drug-likeness (QED) is 0.204. The Morgan fingerprint density at radius 3 is 2.03 bits per heavy atom. The van der Waals surface area contributed by atoms with Gasteiger partial charge in [-0.1, -0.05) is 70.4 Å². The predicted octanol–water partition coefficient (Wildman–Crippen LogP) is 5.92. The Morgan fingerprint density at radius 2 is 1.48 bits per heavy atom. The molecule has 0 radical (unpaired) electrons. The second-order valence-electron chi connectivity index (χ2n) is 7.69. The number of allylic oxidation sites excluding steroid dienone is 2. The maximum absolute atomic E-state index is 8.56. The zero-order valence-electron chi connectivity index (χ0n) is 18.7. The van der Waals surface area contributed by atoms with Crippen molar-refractivity contribution in [2.24, 2.45) is 10.7 Å². The summed E-state index contributed by atoms with van der Waals surface area (Å²) >= 11 is 0. The first-order valence-electron chi connectivity index (χ1n) is 11.7. The van der Waals surface area contributed by atoms with E-state index in [-0.39, 0.29) is 0 Å². The first kappa shape index (κ1) is 27.4. The van der Waals surface area contributed by atoms with Crippen LogP contribution in [-0.2, 0) is 0 Å². The highest BCUT2D eigenvalue weighted by atomic mass is 16.6. The van der Waals surface area contributed by atoms with E-state index in [1.165, 1.54) is 89.3 Å². The van der Waals surface area contributed by atoms with Crippen molar-refractivity contribution in [1.82, 2.24) is 4.90 Å². The molecular weight excluding hydrogens is 366 g/mol. The normalized spacial score (nSPS) is 13.4. The number of hydrogen-bond acceptors (Lipinski definition) is 4. The number of aliphatic imine (C=N–C) groups is 1. The molecule has 1 rings (SSSR count). The molecule has 0 aromatic heterocycles. The van der Waals surface area contributed by atoms with Gasteiger partial charge in [0.25, 0.3) is 0 Å². The summed E-state index contributed by atoms with van der Waals surface area (Å²) in [5, 5.41) is 13.9. The molecule has 0 saturated heterocycles. The van der Waals surface area contributed by atoms with E-state index in [9.17, 15) is 0 Å². The fraction of sp³-hybridized carbons (Fsp3) is 0.826. The first-order chi connectivity index (χ1) is 14.1. The summed E-state index contributed by atoms with van der Waals surface area (Å²) in [6.45, 7) is 6.05. The summed E-state index contributed by atoms with van der Waals surface area (Å²) < 4.78 is 0. The van der Waals surface area contributed by atoms with Crippen LogP contribution in [0.3, 0.4) is 0 Å². The monoisotopic (exact) mass is 411 g/mol. The van der Waals surface area contributed by atoms with E-state index in [1.807, 2.05) is 0 Å². The maximum atomic E-state index is 8.56. The molecule has 0 fully saturated rings. The fourth-order valence-electron chi connectivity index (χ4n) is 3.52. The highest BCUT2D eigenvalue weighted by molar-refractivity contribution is 5.83. The third-order valence-electron chi connectivity index (χ3n) is 5.09. The van der Waals surface area contributed by atoms with Gasteiger partial charge in [-0.3, -0.25) is 4.99 Å². The molecule has 6 nitrogen and oxygen atoms in total. The number of hydrogen-bond donors (Lipinski definition) is 3. The van der Waals surface area contributed by atoms with Gasteiger partial charge < -0.3 is 20.8 Å². The van der Waals surface area contributed by atoms with Crippen LogP contribution in [0.25, 0.3) is 0 Å². The molecule has 0 unspecified atom stereocenters. The standard InChI is InChI=1S/C22H43N3.CH2O3/c1-2-3-4-5-6-7-8-9-10-11-12-13-14-15-16-17-22-24-19-21-25(22)20-18-23;2-1(3)4/h9-10H,2-8,11-21,23H2,1H3;(H2,2,3,4)/b10-9+;. The summed E-state index contributed by atoms with van der Waals surface area (Å²) in [6, 6.07) is 0. The molecule has 0 spiro atoms. The molecule has 0 aromatic carbocycles. The van der Waals surface area contributed by atoms with Gasteiger partial charge >= 0.3 is 6.16 Å². The molecule has 0 bridgehead atoms. The fourth-order valence-corrected chi connectivity index (χ4v) is 3.52. The van der Waals surface area contributed by atoms with Crippen LogP contribution in [0, 0.1) is 0 Å². The molecular formula is C23H45N3O3. The van der Waals surface area contributed by atoms with Gasteiger partial charge in [-0.25, -0.2) is 4.79 Å². The topological polar surface area (TPSA) is 99.2 Å². The Labute approximate surface area is 178 Å². The van der Waals surface area contributed by atoms with E-state index < -0.39 is 6.16 Å². The summed E-state index contributed by atoms with van der Waals surface area (Å²) in [4.78, 5) is 15.5. The Bertz CT molecular complexity index is 435. The number of rotatable bonds is 17. The second-order valence-corrected chi connectivity index (χ2v) is 7.69. The minimum absolute atomic E-state index is 0.741. The minimum atomic E-state index is -1.83. The number of carboxylic acid groups (broad SMARTS) is 2. The third kappa shape index (κ3) is 19.5. The van der Waals surface area contributed by atoms with Gasteiger partial charge in [-0.2, -0.15) is 0 Å². The smallest absolute Gasteiger partial charge is 0.450 e. The Kier molecular flexibility index (Phi) is 20.0. The molecule has 0 saturated carbocycles.